The normalized spacial score (nSPS) is 19.6. The van der Waals surface area contributed by atoms with Crippen LogP contribution in [0.2, 0.25) is 0 Å². The average Bonchev–Trinajstić information content (AvgIpc) is 2.73. The number of ether oxygens (including phenoxy) is 1. The number of hydrogen-bond acceptors (Lipinski definition) is 5. The number of fused-ring (bicyclic) bond motifs is 1. The molecule has 2 heterocycles. The highest BCUT2D eigenvalue weighted by atomic mass is 32.2. The summed E-state index contributed by atoms with van der Waals surface area (Å²) in [4.78, 5) is 30.2. The Morgan fingerprint density at radius 1 is 1.21 bits per heavy atom. The highest BCUT2D eigenvalue weighted by molar-refractivity contribution is 8.00. The molecule has 1 N–H and O–H groups in total. The molecule has 0 radical (unpaired) electrons. The summed E-state index contributed by atoms with van der Waals surface area (Å²) >= 11 is 1.54. The maximum absolute atomic E-state index is 12.8. The molecule has 28 heavy (non-hydrogen) atoms. The molecule has 1 saturated heterocycles. The van der Waals surface area contributed by atoms with Gasteiger partial charge in [0.2, 0.25) is 0 Å². The molecular formula is C21H23N3O3S. The Hall–Kier alpha value is -2.35. The van der Waals surface area contributed by atoms with Gasteiger partial charge in [-0.2, -0.15) is 0 Å². The van der Waals surface area contributed by atoms with Gasteiger partial charge in [-0.1, -0.05) is 42.1 Å². The Morgan fingerprint density at radius 2 is 1.96 bits per heavy atom. The van der Waals surface area contributed by atoms with E-state index in [4.69, 9.17) is 4.74 Å². The van der Waals surface area contributed by atoms with E-state index in [0.29, 0.717) is 31.0 Å². The molecule has 0 aromatic heterocycles. The van der Waals surface area contributed by atoms with Crippen LogP contribution in [0.5, 0.6) is 0 Å². The van der Waals surface area contributed by atoms with Crippen molar-refractivity contribution < 1.29 is 14.3 Å². The number of nitrogens with one attached hydrogen (secondary N) is 1. The van der Waals surface area contributed by atoms with Crippen LogP contribution in [-0.2, 0) is 16.1 Å². The monoisotopic (exact) mass is 397 g/mol. The lowest BCUT2D eigenvalue weighted by Crippen LogP contribution is -2.48. The molecule has 2 aliphatic rings. The van der Waals surface area contributed by atoms with Crippen molar-refractivity contribution in [1.29, 1.82) is 0 Å². The number of anilines is 1. The van der Waals surface area contributed by atoms with Gasteiger partial charge in [0.1, 0.15) is 5.37 Å². The summed E-state index contributed by atoms with van der Waals surface area (Å²) in [7, 11) is 1.79. The molecule has 0 unspecified atom stereocenters. The number of morpholine rings is 1. The molecule has 2 amide bonds. The van der Waals surface area contributed by atoms with Crippen molar-refractivity contribution >= 4 is 29.3 Å². The van der Waals surface area contributed by atoms with Gasteiger partial charge in [-0.05, 0) is 23.8 Å². The first-order chi connectivity index (χ1) is 13.6. The molecule has 7 heteroatoms. The largest absolute Gasteiger partial charge is 0.379 e. The van der Waals surface area contributed by atoms with Crippen LogP contribution in [0, 0.1) is 0 Å². The molecule has 0 aliphatic carbocycles. The van der Waals surface area contributed by atoms with E-state index >= 15 is 0 Å². The van der Waals surface area contributed by atoms with E-state index in [1.165, 1.54) is 11.8 Å². The summed E-state index contributed by atoms with van der Waals surface area (Å²) in [5.41, 5.74) is 2.36. The van der Waals surface area contributed by atoms with Gasteiger partial charge in [-0.15, -0.1) is 0 Å². The van der Waals surface area contributed by atoms with Crippen molar-refractivity contribution in [3.63, 3.8) is 0 Å². The predicted octanol–water partition coefficient (Wildman–Crippen LogP) is 2.66. The second-order valence-electron chi connectivity index (χ2n) is 6.97. The van der Waals surface area contributed by atoms with E-state index in [0.717, 1.165) is 23.5 Å². The SMILES string of the molecule is CN(Cc1ccccc1)C(=O)c1ccc2c(c1)NC(=O)[C@@H](N1CCOCC1)S2. The number of rotatable bonds is 4. The third-order valence-electron chi connectivity index (χ3n) is 4.93. The van der Waals surface area contributed by atoms with Crippen molar-refractivity contribution in [3.8, 4) is 0 Å². The van der Waals surface area contributed by atoms with Gasteiger partial charge in [0.15, 0.2) is 0 Å². The Morgan fingerprint density at radius 3 is 2.71 bits per heavy atom. The maximum Gasteiger partial charge on any atom is 0.253 e. The van der Waals surface area contributed by atoms with E-state index in [1.54, 1.807) is 18.0 Å². The number of carbonyl (C=O) groups excluding carboxylic acids is 2. The molecule has 0 saturated carbocycles. The minimum absolute atomic E-state index is 0.0401. The second kappa shape index (κ2) is 8.34. The van der Waals surface area contributed by atoms with Crippen molar-refractivity contribution in [3.05, 3.63) is 59.7 Å². The lowest BCUT2D eigenvalue weighted by Gasteiger charge is -2.35. The van der Waals surface area contributed by atoms with Crippen molar-refractivity contribution in [2.45, 2.75) is 16.8 Å². The maximum atomic E-state index is 12.8. The van der Waals surface area contributed by atoms with Crippen LogP contribution in [0.15, 0.2) is 53.4 Å². The Labute approximate surface area is 168 Å². The summed E-state index contributed by atoms with van der Waals surface area (Å²) < 4.78 is 5.38. The molecule has 1 fully saturated rings. The summed E-state index contributed by atoms with van der Waals surface area (Å²) in [6.07, 6.45) is 0. The first-order valence-corrected chi connectivity index (χ1v) is 10.2. The highest BCUT2D eigenvalue weighted by Crippen LogP contribution is 2.38. The van der Waals surface area contributed by atoms with Crippen LogP contribution < -0.4 is 5.32 Å². The minimum atomic E-state index is -0.251. The van der Waals surface area contributed by atoms with Crippen LogP contribution in [0.1, 0.15) is 15.9 Å². The predicted molar refractivity (Wildman–Crippen MR) is 109 cm³/mol. The fourth-order valence-electron chi connectivity index (χ4n) is 3.43. The third kappa shape index (κ3) is 4.06. The van der Waals surface area contributed by atoms with Gasteiger partial charge >= 0.3 is 0 Å². The van der Waals surface area contributed by atoms with Crippen LogP contribution >= 0.6 is 11.8 Å². The molecule has 2 aliphatic heterocycles. The average molecular weight is 398 g/mol. The van der Waals surface area contributed by atoms with E-state index in [2.05, 4.69) is 10.2 Å². The van der Waals surface area contributed by atoms with Gasteiger partial charge in [-0.3, -0.25) is 14.5 Å². The summed E-state index contributed by atoms with van der Waals surface area (Å²) in [6.45, 7) is 3.34. The van der Waals surface area contributed by atoms with Gasteiger partial charge in [0.05, 0.1) is 18.9 Å². The molecule has 0 spiro atoms. The number of amides is 2. The number of benzene rings is 2. The zero-order valence-corrected chi connectivity index (χ0v) is 16.6. The van der Waals surface area contributed by atoms with Gasteiger partial charge < -0.3 is 15.0 Å². The lowest BCUT2D eigenvalue weighted by atomic mass is 10.1. The van der Waals surface area contributed by atoms with E-state index in [9.17, 15) is 9.59 Å². The van der Waals surface area contributed by atoms with E-state index in [-0.39, 0.29) is 17.2 Å². The Balaban J connectivity index is 1.47. The zero-order valence-electron chi connectivity index (χ0n) is 15.8. The van der Waals surface area contributed by atoms with Crippen LogP contribution in [0.4, 0.5) is 5.69 Å². The number of thioether (sulfide) groups is 1. The first-order valence-electron chi connectivity index (χ1n) is 9.34. The van der Waals surface area contributed by atoms with E-state index in [1.807, 2.05) is 42.5 Å². The second-order valence-corrected chi connectivity index (χ2v) is 8.09. The lowest BCUT2D eigenvalue weighted by molar-refractivity contribution is -0.119. The Bertz CT molecular complexity index is 868. The van der Waals surface area contributed by atoms with Crippen molar-refractivity contribution in [2.75, 3.05) is 38.7 Å². The summed E-state index contributed by atoms with van der Waals surface area (Å²) in [5.74, 6) is -0.108. The Kier molecular flexibility index (Phi) is 5.66. The molecule has 2 aromatic rings. The molecule has 0 bridgehead atoms. The quantitative estimate of drug-likeness (QED) is 0.860. The van der Waals surface area contributed by atoms with E-state index < -0.39 is 0 Å². The fraction of sp³-hybridized carbons (Fsp3) is 0.333. The summed E-state index contributed by atoms with van der Waals surface area (Å²) in [6, 6.07) is 15.4. The van der Waals surface area contributed by atoms with Gasteiger partial charge in [-0.25, -0.2) is 0 Å². The standard InChI is InChI=1S/C21H23N3O3S/c1-23(14-15-5-3-2-4-6-15)20(26)16-7-8-18-17(13-16)22-19(25)21(28-18)24-9-11-27-12-10-24/h2-8,13,21H,9-12,14H2,1H3,(H,22,25)/t21-/m0/s1. The van der Waals surface area contributed by atoms with Gasteiger partial charge in [0, 0.05) is 37.1 Å². The van der Waals surface area contributed by atoms with Crippen LogP contribution in [0.25, 0.3) is 0 Å². The highest BCUT2D eigenvalue weighted by Gasteiger charge is 2.33. The van der Waals surface area contributed by atoms with Crippen molar-refractivity contribution in [2.24, 2.45) is 0 Å². The van der Waals surface area contributed by atoms with Crippen LogP contribution in [-0.4, -0.2) is 60.3 Å². The van der Waals surface area contributed by atoms with Crippen molar-refractivity contribution in [1.82, 2.24) is 9.80 Å². The molecule has 6 nitrogen and oxygen atoms in total. The topological polar surface area (TPSA) is 61.9 Å². The number of carbonyl (C=O) groups is 2. The first kappa shape index (κ1) is 19.0. The zero-order chi connectivity index (χ0) is 19.5. The minimum Gasteiger partial charge on any atom is -0.379 e. The molecule has 146 valence electrons. The smallest absolute Gasteiger partial charge is 0.253 e. The molecular weight excluding hydrogens is 374 g/mol. The molecule has 4 rings (SSSR count). The fourth-order valence-corrected chi connectivity index (χ4v) is 4.58. The number of hydrogen-bond donors (Lipinski definition) is 1. The van der Waals surface area contributed by atoms with Gasteiger partial charge in [0.25, 0.3) is 11.8 Å². The number of nitrogens with zero attached hydrogens (tertiary/aromatic N) is 2. The summed E-state index contributed by atoms with van der Waals surface area (Å²) in [5, 5.41) is 2.73. The molecule has 2 aromatic carbocycles. The van der Waals surface area contributed by atoms with Crippen LogP contribution in [0.3, 0.4) is 0 Å². The molecule has 1 atom stereocenters. The third-order valence-corrected chi connectivity index (χ3v) is 6.28.